The van der Waals surface area contributed by atoms with Gasteiger partial charge in [0.1, 0.15) is 0 Å². The van der Waals surface area contributed by atoms with Crippen molar-refractivity contribution in [3.63, 3.8) is 0 Å². The molecule has 0 aliphatic rings. The molecule has 0 spiro atoms. The number of nitrogens with two attached hydrogens (primary N) is 1. The van der Waals surface area contributed by atoms with Crippen LogP contribution in [0.3, 0.4) is 0 Å². The number of carbonyl (C=O) groups excluding carboxylic acids is 1. The SMILES string of the molecule is CC(C)(CO)NC(=O)CCc1cccc(N)c1. The fraction of sp³-hybridized carbons (Fsp3) is 0.462. The summed E-state index contributed by atoms with van der Waals surface area (Å²) >= 11 is 0. The Morgan fingerprint density at radius 3 is 2.76 bits per heavy atom. The lowest BCUT2D eigenvalue weighted by Crippen LogP contribution is -2.46. The Bertz CT molecular complexity index is 389. The summed E-state index contributed by atoms with van der Waals surface area (Å²) in [6, 6.07) is 7.50. The molecule has 0 saturated carbocycles. The number of aliphatic hydroxyl groups is 1. The van der Waals surface area contributed by atoms with Crippen LogP contribution in [0.15, 0.2) is 24.3 Å². The molecule has 4 N–H and O–H groups in total. The summed E-state index contributed by atoms with van der Waals surface area (Å²) < 4.78 is 0. The van der Waals surface area contributed by atoms with Crippen LogP contribution in [0.25, 0.3) is 0 Å². The second-order valence-corrected chi connectivity index (χ2v) is 4.84. The molecule has 0 aliphatic heterocycles. The fourth-order valence-corrected chi connectivity index (χ4v) is 1.49. The average molecular weight is 236 g/mol. The van der Waals surface area contributed by atoms with Gasteiger partial charge in [0.25, 0.3) is 0 Å². The second-order valence-electron chi connectivity index (χ2n) is 4.84. The summed E-state index contributed by atoms with van der Waals surface area (Å²) in [4.78, 5) is 11.6. The molecule has 0 heterocycles. The number of hydrogen-bond donors (Lipinski definition) is 3. The van der Waals surface area contributed by atoms with Gasteiger partial charge in [-0.05, 0) is 38.0 Å². The van der Waals surface area contributed by atoms with Crippen molar-refractivity contribution in [2.24, 2.45) is 0 Å². The summed E-state index contributed by atoms with van der Waals surface area (Å²) in [5.74, 6) is -0.0634. The van der Waals surface area contributed by atoms with Crippen molar-refractivity contribution in [1.82, 2.24) is 5.32 Å². The summed E-state index contributed by atoms with van der Waals surface area (Å²) in [6.07, 6.45) is 1.05. The normalized spacial score (nSPS) is 11.2. The summed E-state index contributed by atoms with van der Waals surface area (Å²) in [6.45, 7) is 3.49. The highest BCUT2D eigenvalue weighted by molar-refractivity contribution is 5.77. The van der Waals surface area contributed by atoms with Crippen molar-refractivity contribution in [2.45, 2.75) is 32.2 Å². The number of nitrogen functional groups attached to an aromatic ring is 1. The maximum absolute atomic E-state index is 11.6. The summed E-state index contributed by atoms with van der Waals surface area (Å²) in [5, 5.41) is 11.8. The third-order valence-electron chi connectivity index (χ3n) is 2.46. The fourth-order valence-electron chi connectivity index (χ4n) is 1.49. The van der Waals surface area contributed by atoms with Crippen LogP contribution in [0.5, 0.6) is 0 Å². The van der Waals surface area contributed by atoms with Crippen LogP contribution in [0.4, 0.5) is 5.69 Å². The molecule has 0 aliphatic carbocycles. The summed E-state index contributed by atoms with van der Waals surface area (Å²) in [7, 11) is 0. The standard InChI is InChI=1S/C13H20N2O2/c1-13(2,9-16)15-12(17)7-6-10-4-3-5-11(14)8-10/h3-5,8,16H,6-7,9,14H2,1-2H3,(H,15,17). The first-order valence-corrected chi connectivity index (χ1v) is 5.69. The van der Waals surface area contributed by atoms with Crippen LogP contribution < -0.4 is 11.1 Å². The Kier molecular flexibility index (Phi) is 4.52. The molecule has 0 aromatic heterocycles. The number of carbonyl (C=O) groups is 1. The molecule has 0 saturated heterocycles. The van der Waals surface area contributed by atoms with Crippen molar-refractivity contribution < 1.29 is 9.90 Å². The van der Waals surface area contributed by atoms with Crippen molar-refractivity contribution >= 4 is 11.6 Å². The van der Waals surface area contributed by atoms with Gasteiger partial charge >= 0.3 is 0 Å². The van der Waals surface area contributed by atoms with E-state index in [1.807, 2.05) is 24.3 Å². The van der Waals surface area contributed by atoms with Crippen LogP contribution in [-0.4, -0.2) is 23.2 Å². The van der Waals surface area contributed by atoms with E-state index < -0.39 is 5.54 Å². The molecule has 0 atom stereocenters. The third-order valence-corrected chi connectivity index (χ3v) is 2.46. The zero-order valence-electron chi connectivity index (χ0n) is 10.4. The molecule has 0 fully saturated rings. The quantitative estimate of drug-likeness (QED) is 0.670. The zero-order chi connectivity index (χ0) is 12.9. The van der Waals surface area contributed by atoms with E-state index in [4.69, 9.17) is 10.8 Å². The van der Waals surface area contributed by atoms with E-state index in [0.29, 0.717) is 18.5 Å². The summed E-state index contributed by atoms with van der Waals surface area (Å²) in [5.41, 5.74) is 6.84. The molecular formula is C13H20N2O2. The number of amides is 1. The number of rotatable bonds is 5. The number of aryl methyl sites for hydroxylation is 1. The highest BCUT2D eigenvalue weighted by Gasteiger charge is 2.18. The van der Waals surface area contributed by atoms with E-state index in [0.717, 1.165) is 5.56 Å². The maximum Gasteiger partial charge on any atom is 0.220 e. The van der Waals surface area contributed by atoms with Gasteiger partial charge in [-0.3, -0.25) is 4.79 Å². The monoisotopic (exact) mass is 236 g/mol. The van der Waals surface area contributed by atoms with Crippen molar-refractivity contribution in [2.75, 3.05) is 12.3 Å². The molecule has 0 radical (unpaired) electrons. The average Bonchev–Trinajstić information content (AvgIpc) is 2.26. The van der Waals surface area contributed by atoms with Crippen LogP contribution in [-0.2, 0) is 11.2 Å². The predicted octanol–water partition coefficient (Wildman–Crippen LogP) is 1.09. The molecule has 4 nitrogen and oxygen atoms in total. The van der Waals surface area contributed by atoms with Crippen molar-refractivity contribution in [3.05, 3.63) is 29.8 Å². The van der Waals surface area contributed by atoms with Gasteiger partial charge in [0.15, 0.2) is 0 Å². The van der Waals surface area contributed by atoms with Gasteiger partial charge in [0, 0.05) is 12.1 Å². The lowest BCUT2D eigenvalue weighted by Gasteiger charge is -2.23. The number of nitrogens with one attached hydrogen (secondary N) is 1. The van der Waals surface area contributed by atoms with Gasteiger partial charge in [-0.25, -0.2) is 0 Å². The van der Waals surface area contributed by atoms with Gasteiger partial charge in [-0.2, -0.15) is 0 Å². The van der Waals surface area contributed by atoms with Crippen LogP contribution in [0.2, 0.25) is 0 Å². The minimum Gasteiger partial charge on any atom is -0.399 e. The molecular weight excluding hydrogens is 216 g/mol. The Balaban J connectivity index is 2.44. The van der Waals surface area contributed by atoms with E-state index in [9.17, 15) is 4.79 Å². The minimum atomic E-state index is -0.563. The maximum atomic E-state index is 11.6. The highest BCUT2D eigenvalue weighted by atomic mass is 16.3. The number of hydrogen-bond acceptors (Lipinski definition) is 3. The third kappa shape index (κ3) is 4.87. The molecule has 4 heteroatoms. The van der Waals surface area contributed by atoms with Gasteiger partial charge in [0.2, 0.25) is 5.91 Å². The van der Waals surface area contributed by atoms with Gasteiger partial charge in [-0.15, -0.1) is 0 Å². The van der Waals surface area contributed by atoms with Crippen molar-refractivity contribution in [3.8, 4) is 0 Å². The minimum absolute atomic E-state index is 0.0634. The topological polar surface area (TPSA) is 75.3 Å². The zero-order valence-corrected chi connectivity index (χ0v) is 10.4. The van der Waals surface area contributed by atoms with Gasteiger partial charge in [-0.1, -0.05) is 12.1 Å². The Hall–Kier alpha value is -1.55. The van der Waals surface area contributed by atoms with E-state index in [1.54, 1.807) is 13.8 Å². The Morgan fingerprint density at radius 1 is 1.47 bits per heavy atom. The Labute approximate surface area is 102 Å². The molecule has 0 bridgehead atoms. The molecule has 1 aromatic carbocycles. The van der Waals surface area contributed by atoms with Gasteiger partial charge < -0.3 is 16.2 Å². The number of aliphatic hydroxyl groups excluding tert-OH is 1. The molecule has 17 heavy (non-hydrogen) atoms. The van der Waals surface area contributed by atoms with E-state index in [2.05, 4.69) is 5.32 Å². The van der Waals surface area contributed by atoms with E-state index in [1.165, 1.54) is 0 Å². The predicted molar refractivity (Wildman–Crippen MR) is 68.5 cm³/mol. The van der Waals surface area contributed by atoms with Crippen LogP contribution in [0, 0.1) is 0 Å². The first kappa shape index (κ1) is 13.5. The first-order chi connectivity index (χ1) is 7.93. The molecule has 0 unspecified atom stereocenters. The highest BCUT2D eigenvalue weighted by Crippen LogP contribution is 2.09. The molecule has 1 aromatic rings. The largest absolute Gasteiger partial charge is 0.399 e. The Morgan fingerprint density at radius 2 is 2.18 bits per heavy atom. The lowest BCUT2D eigenvalue weighted by atomic mass is 10.1. The molecule has 1 rings (SSSR count). The van der Waals surface area contributed by atoms with E-state index in [-0.39, 0.29) is 12.5 Å². The second kappa shape index (κ2) is 5.68. The van der Waals surface area contributed by atoms with Gasteiger partial charge in [0.05, 0.1) is 12.1 Å². The number of anilines is 1. The van der Waals surface area contributed by atoms with Crippen LogP contribution >= 0.6 is 0 Å². The first-order valence-electron chi connectivity index (χ1n) is 5.69. The lowest BCUT2D eigenvalue weighted by molar-refractivity contribution is -0.123. The smallest absolute Gasteiger partial charge is 0.220 e. The van der Waals surface area contributed by atoms with Crippen LogP contribution in [0.1, 0.15) is 25.8 Å². The number of benzene rings is 1. The van der Waals surface area contributed by atoms with Crippen molar-refractivity contribution in [1.29, 1.82) is 0 Å². The molecule has 1 amide bonds. The molecule has 94 valence electrons. The van der Waals surface area contributed by atoms with E-state index >= 15 is 0 Å².